The summed E-state index contributed by atoms with van der Waals surface area (Å²) in [6.45, 7) is 8.58. The minimum Gasteiger partial charge on any atom is -0.396 e. The van der Waals surface area contributed by atoms with Gasteiger partial charge in [-0.3, -0.25) is 9.58 Å². The first-order valence-electron chi connectivity index (χ1n) is 5.13. The summed E-state index contributed by atoms with van der Waals surface area (Å²) in [5.74, 6) is 0. The zero-order valence-electron chi connectivity index (χ0n) is 9.07. The lowest BCUT2D eigenvalue weighted by atomic mass is 10.1. The van der Waals surface area contributed by atoms with Gasteiger partial charge in [0.1, 0.15) is 0 Å². The van der Waals surface area contributed by atoms with Gasteiger partial charge in [0.25, 0.3) is 0 Å². The molecular formula is C10H18N4. The molecule has 1 aliphatic rings. The van der Waals surface area contributed by atoms with E-state index < -0.39 is 0 Å². The third kappa shape index (κ3) is 1.50. The summed E-state index contributed by atoms with van der Waals surface area (Å²) in [5, 5.41) is 4.39. The lowest BCUT2D eigenvalue weighted by molar-refractivity contribution is 0.0674. The molecule has 1 saturated heterocycles. The van der Waals surface area contributed by atoms with E-state index in [1.165, 1.54) is 0 Å². The first-order chi connectivity index (χ1) is 6.58. The van der Waals surface area contributed by atoms with E-state index in [1.54, 1.807) is 0 Å². The molecule has 78 valence electrons. The molecule has 1 aromatic rings. The molecule has 0 amide bonds. The zero-order chi connectivity index (χ0) is 10.3. The van der Waals surface area contributed by atoms with E-state index in [9.17, 15) is 0 Å². The quantitative estimate of drug-likeness (QED) is 0.765. The summed E-state index contributed by atoms with van der Waals surface area (Å²) in [6, 6.07) is 1.16. The third-order valence-corrected chi connectivity index (χ3v) is 2.95. The summed E-state index contributed by atoms with van der Waals surface area (Å²) in [7, 11) is 0. The molecule has 0 bridgehead atoms. The van der Waals surface area contributed by atoms with Crippen LogP contribution in [0.2, 0.25) is 0 Å². The Morgan fingerprint density at radius 2 is 2.14 bits per heavy atom. The number of anilines is 1. The normalized spacial score (nSPS) is 18.9. The van der Waals surface area contributed by atoms with E-state index in [1.807, 2.05) is 17.8 Å². The number of hydrogen-bond donors (Lipinski definition) is 1. The van der Waals surface area contributed by atoms with Gasteiger partial charge < -0.3 is 5.73 Å². The van der Waals surface area contributed by atoms with Crippen LogP contribution >= 0.6 is 0 Å². The monoisotopic (exact) mass is 194 g/mol. The number of hydrogen-bond acceptors (Lipinski definition) is 3. The van der Waals surface area contributed by atoms with Crippen LogP contribution in [0, 0.1) is 6.92 Å². The van der Waals surface area contributed by atoms with Crippen molar-refractivity contribution in [1.82, 2.24) is 14.7 Å². The molecule has 1 aromatic heterocycles. The van der Waals surface area contributed by atoms with Gasteiger partial charge in [0.15, 0.2) is 0 Å². The second-order valence-electron chi connectivity index (χ2n) is 4.35. The number of nitrogens with zero attached hydrogens (tertiary/aromatic N) is 3. The number of nitrogens with two attached hydrogens (primary N) is 1. The van der Waals surface area contributed by atoms with Gasteiger partial charge in [-0.1, -0.05) is 0 Å². The predicted molar refractivity (Wildman–Crippen MR) is 57.1 cm³/mol. The largest absolute Gasteiger partial charge is 0.396 e. The highest BCUT2D eigenvalue weighted by atomic mass is 15.4. The Hall–Kier alpha value is -1.03. The van der Waals surface area contributed by atoms with Gasteiger partial charge in [-0.15, -0.1) is 0 Å². The first kappa shape index (κ1) is 9.52. The van der Waals surface area contributed by atoms with Crippen LogP contribution < -0.4 is 5.73 Å². The average Bonchev–Trinajstić information content (AvgIpc) is 2.27. The molecular weight excluding hydrogens is 176 g/mol. The molecule has 0 unspecified atom stereocenters. The van der Waals surface area contributed by atoms with Crippen molar-refractivity contribution in [3.8, 4) is 0 Å². The Morgan fingerprint density at radius 3 is 2.57 bits per heavy atom. The fourth-order valence-electron chi connectivity index (χ4n) is 1.76. The van der Waals surface area contributed by atoms with Crippen molar-refractivity contribution in [3.63, 3.8) is 0 Å². The molecule has 0 spiro atoms. The fourth-order valence-corrected chi connectivity index (χ4v) is 1.76. The Kier molecular flexibility index (Phi) is 2.23. The summed E-state index contributed by atoms with van der Waals surface area (Å²) < 4.78 is 2.00. The van der Waals surface area contributed by atoms with E-state index in [-0.39, 0.29) is 0 Å². The van der Waals surface area contributed by atoms with E-state index in [2.05, 4.69) is 23.8 Å². The predicted octanol–water partition coefficient (Wildman–Crippen LogP) is 1.04. The number of aryl methyl sites for hydroxylation is 1. The van der Waals surface area contributed by atoms with Crippen molar-refractivity contribution >= 4 is 5.69 Å². The second kappa shape index (κ2) is 3.28. The number of aromatic nitrogens is 2. The fraction of sp³-hybridized carbons (Fsp3) is 0.700. The highest BCUT2D eigenvalue weighted by molar-refractivity contribution is 5.39. The Balaban J connectivity index is 1.99. The van der Waals surface area contributed by atoms with Crippen molar-refractivity contribution in [1.29, 1.82) is 0 Å². The maximum Gasteiger partial charge on any atom is 0.0823 e. The van der Waals surface area contributed by atoms with Crippen LogP contribution in [0.15, 0.2) is 6.20 Å². The highest BCUT2D eigenvalue weighted by Crippen LogP contribution is 2.24. The van der Waals surface area contributed by atoms with Gasteiger partial charge in [-0.25, -0.2) is 0 Å². The maximum absolute atomic E-state index is 5.75. The van der Waals surface area contributed by atoms with Gasteiger partial charge >= 0.3 is 0 Å². The molecule has 2 heterocycles. The molecule has 0 aromatic carbocycles. The van der Waals surface area contributed by atoms with Gasteiger partial charge in [0.05, 0.1) is 17.4 Å². The highest BCUT2D eigenvalue weighted by Gasteiger charge is 2.30. The van der Waals surface area contributed by atoms with E-state index in [0.29, 0.717) is 12.1 Å². The van der Waals surface area contributed by atoms with Gasteiger partial charge in [0.2, 0.25) is 0 Å². The third-order valence-electron chi connectivity index (χ3n) is 2.95. The zero-order valence-corrected chi connectivity index (χ0v) is 9.07. The molecule has 1 aliphatic heterocycles. The number of likely N-dealkylation sites (tertiary alicyclic amines) is 1. The van der Waals surface area contributed by atoms with E-state index >= 15 is 0 Å². The molecule has 0 saturated carbocycles. The average molecular weight is 194 g/mol. The minimum absolute atomic E-state index is 0.522. The maximum atomic E-state index is 5.75. The van der Waals surface area contributed by atoms with Crippen LogP contribution in [0.1, 0.15) is 25.6 Å². The van der Waals surface area contributed by atoms with E-state index in [0.717, 1.165) is 24.5 Å². The van der Waals surface area contributed by atoms with Crippen molar-refractivity contribution in [2.75, 3.05) is 18.8 Å². The minimum atomic E-state index is 0.522. The van der Waals surface area contributed by atoms with Crippen molar-refractivity contribution in [3.05, 3.63) is 11.9 Å². The topological polar surface area (TPSA) is 47.1 Å². The number of rotatable bonds is 2. The van der Waals surface area contributed by atoms with Crippen LogP contribution in [0.5, 0.6) is 0 Å². The lowest BCUT2D eigenvalue weighted by Gasteiger charge is -2.41. The van der Waals surface area contributed by atoms with Crippen LogP contribution in [0.3, 0.4) is 0 Å². The summed E-state index contributed by atoms with van der Waals surface area (Å²) in [5.41, 5.74) is 7.49. The lowest BCUT2D eigenvalue weighted by Crippen LogP contribution is -2.51. The van der Waals surface area contributed by atoms with Crippen molar-refractivity contribution in [2.45, 2.75) is 32.9 Å². The van der Waals surface area contributed by atoms with Crippen LogP contribution in [-0.4, -0.2) is 33.8 Å². The molecule has 0 aliphatic carbocycles. The van der Waals surface area contributed by atoms with E-state index in [4.69, 9.17) is 5.73 Å². The van der Waals surface area contributed by atoms with Gasteiger partial charge in [-0.05, 0) is 20.8 Å². The van der Waals surface area contributed by atoms with Crippen molar-refractivity contribution in [2.24, 2.45) is 0 Å². The van der Waals surface area contributed by atoms with Crippen LogP contribution in [-0.2, 0) is 0 Å². The standard InChI is InChI=1S/C10H18N4/c1-7(2)13-4-9(5-13)14-6-10(11)8(3)12-14/h6-7,9H,4-5,11H2,1-3H3. The van der Waals surface area contributed by atoms with Gasteiger partial charge in [-0.2, -0.15) is 5.10 Å². The van der Waals surface area contributed by atoms with Gasteiger partial charge in [0, 0.05) is 25.3 Å². The Morgan fingerprint density at radius 1 is 1.50 bits per heavy atom. The molecule has 4 heteroatoms. The molecule has 2 rings (SSSR count). The Bertz CT molecular complexity index is 303. The van der Waals surface area contributed by atoms with Crippen LogP contribution in [0.4, 0.5) is 5.69 Å². The number of nitrogen functional groups attached to an aromatic ring is 1. The molecule has 1 fully saturated rings. The summed E-state index contributed by atoms with van der Waals surface area (Å²) >= 11 is 0. The summed E-state index contributed by atoms with van der Waals surface area (Å²) in [6.07, 6.45) is 1.94. The second-order valence-corrected chi connectivity index (χ2v) is 4.35. The van der Waals surface area contributed by atoms with Crippen molar-refractivity contribution < 1.29 is 0 Å². The first-order valence-corrected chi connectivity index (χ1v) is 5.13. The molecule has 4 nitrogen and oxygen atoms in total. The molecule has 2 N–H and O–H groups in total. The summed E-state index contributed by atoms with van der Waals surface area (Å²) in [4.78, 5) is 2.43. The smallest absolute Gasteiger partial charge is 0.0823 e. The SMILES string of the molecule is Cc1nn(C2CN(C(C)C)C2)cc1N. The molecule has 0 radical (unpaired) electrons. The Labute approximate surface area is 84.7 Å². The van der Waals surface area contributed by atoms with Crippen LogP contribution in [0.25, 0.3) is 0 Å². The molecule has 0 atom stereocenters. The molecule has 14 heavy (non-hydrogen) atoms.